The number of hydrogen-bond acceptors (Lipinski definition) is 5. The molecule has 3 heterocycles. The summed E-state index contributed by atoms with van der Waals surface area (Å²) in [4.78, 5) is 29.2. The third-order valence-corrected chi connectivity index (χ3v) is 6.45. The van der Waals surface area contributed by atoms with Gasteiger partial charge in [0.1, 0.15) is 11.5 Å². The molecule has 0 saturated carbocycles. The summed E-state index contributed by atoms with van der Waals surface area (Å²) in [6.45, 7) is 3.38. The van der Waals surface area contributed by atoms with Crippen LogP contribution in [0.25, 0.3) is 0 Å². The number of fused-ring (bicyclic) bond motifs is 1. The largest absolute Gasteiger partial charge is 0.494 e. The van der Waals surface area contributed by atoms with Crippen LogP contribution in [0.1, 0.15) is 41.4 Å². The van der Waals surface area contributed by atoms with Crippen LogP contribution in [-0.2, 0) is 17.8 Å². The van der Waals surface area contributed by atoms with Crippen LogP contribution < -0.4 is 19.9 Å². The monoisotopic (exact) mass is 445 g/mol. The molecule has 33 heavy (non-hydrogen) atoms. The summed E-state index contributed by atoms with van der Waals surface area (Å²) in [5, 5.41) is 2.94. The number of nitrogens with one attached hydrogen (secondary N) is 1. The van der Waals surface area contributed by atoms with Gasteiger partial charge in [-0.05, 0) is 49.6 Å². The van der Waals surface area contributed by atoms with E-state index in [9.17, 15) is 9.59 Å². The molecule has 1 fully saturated rings. The van der Waals surface area contributed by atoms with E-state index in [0.717, 1.165) is 18.5 Å². The molecule has 3 aromatic rings. The molecule has 1 N–H and O–H groups in total. The minimum absolute atomic E-state index is 0.0887. The third-order valence-electron chi connectivity index (χ3n) is 6.45. The minimum atomic E-state index is -0.245. The second-order valence-electron chi connectivity index (χ2n) is 8.56. The molecule has 2 aliphatic rings. The number of carbonyl (C=O) groups is 2. The fourth-order valence-electron chi connectivity index (χ4n) is 4.77. The standard InChI is InChI=1S/C26H27N3O4/c1-17-14-18-6-3-4-7-21(18)29(17)16-24-20(11-13-33-24)26(31)27-19-9-10-22(23(15-19)32-2)28-12-5-8-25(28)30/h3-4,6-7,9-11,13,15,17H,5,8,12,14,16H2,1-2H3,(H,27,31). The summed E-state index contributed by atoms with van der Waals surface area (Å²) >= 11 is 0. The van der Waals surface area contributed by atoms with E-state index in [1.807, 2.05) is 12.1 Å². The van der Waals surface area contributed by atoms with Gasteiger partial charge >= 0.3 is 0 Å². The van der Waals surface area contributed by atoms with Gasteiger partial charge in [0.2, 0.25) is 5.91 Å². The smallest absolute Gasteiger partial charge is 0.259 e. The number of amides is 2. The quantitative estimate of drug-likeness (QED) is 0.599. The van der Waals surface area contributed by atoms with E-state index < -0.39 is 0 Å². The van der Waals surface area contributed by atoms with Crippen LogP contribution in [0, 0.1) is 0 Å². The van der Waals surface area contributed by atoms with Gasteiger partial charge < -0.3 is 24.3 Å². The summed E-state index contributed by atoms with van der Waals surface area (Å²) in [5.74, 6) is 1.03. The van der Waals surface area contributed by atoms with Crippen molar-refractivity contribution >= 4 is 28.9 Å². The minimum Gasteiger partial charge on any atom is -0.494 e. The lowest BCUT2D eigenvalue weighted by atomic mass is 10.1. The van der Waals surface area contributed by atoms with E-state index in [2.05, 4.69) is 35.3 Å². The Hall–Kier alpha value is -3.74. The van der Waals surface area contributed by atoms with Crippen molar-refractivity contribution in [2.75, 3.05) is 28.8 Å². The first-order chi connectivity index (χ1) is 16.0. The molecular formula is C26H27N3O4. The summed E-state index contributed by atoms with van der Waals surface area (Å²) in [6, 6.07) is 15.7. The highest BCUT2D eigenvalue weighted by molar-refractivity contribution is 6.05. The normalized spacial score (nSPS) is 17.4. The van der Waals surface area contributed by atoms with Crippen molar-refractivity contribution < 1.29 is 18.7 Å². The molecule has 0 aliphatic carbocycles. The van der Waals surface area contributed by atoms with Crippen LogP contribution in [0.2, 0.25) is 0 Å². The zero-order valence-corrected chi connectivity index (χ0v) is 18.8. The maximum atomic E-state index is 13.1. The van der Waals surface area contributed by atoms with Gasteiger partial charge in [0.05, 0.1) is 31.2 Å². The van der Waals surface area contributed by atoms with Crippen molar-refractivity contribution in [1.82, 2.24) is 0 Å². The maximum absolute atomic E-state index is 13.1. The number of carbonyl (C=O) groups excluding carboxylic acids is 2. The van der Waals surface area contributed by atoms with Crippen LogP contribution in [0.15, 0.2) is 59.2 Å². The molecule has 2 aliphatic heterocycles. The molecule has 1 atom stereocenters. The molecule has 0 spiro atoms. The van der Waals surface area contributed by atoms with Crippen LogP contribution in [0.5, 0.6) is 5.75 Å². The fourth-order valence-corrected chi connectivity index (χ4v) is 4.77. The van der Waals surface area contributed by atoms with Crippen molar-refractivity contribution in [1.29, 1.82) is 0 Å². The van der Waals surface area contributed by atoms with E-state index >= 15 is 0 Å². The molecule has 0 bridgehead atoms. The van der Waals surface area contributed by atoms with E-state index in [-0.39, 0.29) is 11.8 Å². The van der Waals surface area contributed by atoms with Gasteiger partial charge in [-0.15, -0.1) is 0 Å². The van der Waals surface area contributed by atoms with Gasteiger partial charge in [-0.1, -0.05) is 18.2 Å². The summed E-state index contributed by atoms with van der Waals surface area (Å²) in [6.07, 6.45) is 3.92. The van der Waals surface area contributed by atoms with Crippen molar-refractivity contribution in [3.63, 3.8) is 0 Å². The number of nitrogens with zero attached hydrogens (tertiary/aromatic N) is 2. The SMILES string of the molecule is COc1cc(NC(=O)c2ccoc2CN2c3ccccc3CC2C)ccc1N1CCCC1=O. The average Bonchev–Trinajstić information content (AvgIpc) is 3.53. The lowest BCUT2D eigenvalue weighted by molar-refractivity contribution is -0.117. The number of methoxy groups -OCH3 is 1. The molecule has 2 aromatic carbocycles. The van der Waals surface area contributed by atoms with Crippen LogP contribution in [0.3, 0.4) is 0 Å². The Kier molecular flexibility index (Phi) is 5.54. The first kappa shape index (κ1) is 21.1. The molecule has 5 rings (SSSR count). The van der Waals surface area contributed by atoms with Gasteiger partial charge in [-0.3, -0.25) is 9.59 Å². The molecule has 0 radical (unpaired) electrons. The maximum Gasteiger partial charge on any atom is 0.259 e. The lowest BCUT2D eigenvalue weighted by Gasteiger charge is -2.24. The zero-order valence-electron chi connectivity index (χ0n) is 18.8. The second-order valence-corrected chi connectivity index (χ2v) is 8.56. The number of hydrogen-bond donors (Lipinski definition) is 1. The van der Waals surface area contributed by atoms with Crippen LogP contribution in [0.4, 0.5) is 17.1 Å². The summed E-state index contributed by atoms with van der Waals surface area (Å²) in [5.41, 5.74) is 4.32. The predicted octanol–water partition coefficient (Wildman–Crippen LogP) is 4.62. The zero-order chi connectivity index (χ0) is 22.9. The second kappa shape index (κ2) is 8.65. The van der Waals surface area contributed by atoms with E-state index in [4.69, 9.17) is 9.15 Å². The van der Waals surface area contributed by atoms with Gasteiger partial charge in [-0.25, -0.2) is 0 Å². The highest BCUT2D eigenvalue weighted by atomic mass is 16.5. The van der Waals surface area contributed by atoms with Gasteiger partial charge in [0.25, 0.3) is 5.91 Å². The Bertz CT molecular complexity index is 1200. The summed E-state index contributed by atoms with van der Waals surface area (Å²) in [7, 11) is 1.56. The number of benzene rings is 2. The number of para-hydroxylation sites is 1. The molecule has 7 heteroatoms. The van der Waals surface area contributed by atoms with Crippen molar-refractivity contribution in [2.24, 2.45) is 0 Å². The number of anilines is 3. The van der Waals surface area contributed by atoms with Crippen molar-refractivity contribution in [3.8, 4) is 5.75 Å². The third kappa shape index (κ3) is 3.95. The fraction of sp³-hybridized carbons (Fsp3) is 0.308. The Morgan fingerprint density at radius 2 is 2.03 bits per heavy atom. The van der Waals surface area contributed by atoms with Crippen molar-refractivity contribution in [3.05, 3.63) is 71.7 Å². The average molecular weight is 446 g/mol. The Morgan fingerprint density at radius 3 is 2.82 bits per heavy atom. The molecular weight excluding hydrogens is 418 g/mol. The molecule has 7 nitrogen and oxygen atoms in total. The Balaban J connectivity index is 1.34. The molecule has 170 valence electrons. The molecule has 1 unspecified atom stereocenters. The van der Waals surface area contributed by atoms with Gasteiger partial charge in [-0.2, -0.15) is 0 Å². The highest BCUT2D eigenvalue weighted by Crippen LogP contribution is 2.35. The summed E-state index contributed by atoms with van der Waals surface area (Å²) < 4.78 is 11.2. The number of rotatable bonds is 6. The van der Waals surface area contributed by atoms with Crippen molar-refractivity contribution in [2.45, 2.75) is 38.8 Å². The molecule has 1 saturated heterocycles. The van der Waals surface area contributed by atoms with E-state index in [1.54, 1.807) is 36.5 Å². The van der Waals surface area contributed by atoms with E-state index in [0.29, 0.717) is 48.3 Å². The van der Waals surface area contributed by atoms with E-state index in [1.165, 1.54) is 11.3 Å². The Labute approximate surface area is 192 Å². The number of ether oxygens (including phenoxy) is 1. The van der Waals surface area contributed by atoms with Gasteiger partial charge in [0.15, 0.2) is 0 Å². The van der Waals surface area contributed by atoms with Crippen LogP contribution in [-0.4, -0.2) is 31.5 Å². The molecule has 2 amide bonds. The Morgan fingerprint density at radius 1 is 1.18 bits per heavy atom. The highest BCUT2D eigenvalue weighted by Gasteiger charge is 2.28. The molecule has 1 aromatic heterocycles. The van der Waals surface area contributed by atoms with Crippen LogP contribution >= 0.6 is 0 Å². The number of furan rings is 1. The predicted molar refractivity (Wildman–Crippen MR) is 127 cm³/mol. The lowest BCUT2D eigenvalue weighted by Crippen LogP contribution is -2.29. The topological polar surface area (TPSA) is 75.0 Å². The van der Waals surface area contributed by atoms with Gasteiger partial charge in [0, 0.05) is 36.4 Å². The first-order valence-electron chi connectivity index (χ1n) is 11.3. The first-order valence-corrected chi connectivity index (χ1v) is 11.3.